The first-order valence-corrected chi connectivity index (χ1v) is 8.38. The molecule has 0 aliphatic heterocycles. The number of carboxylic acids is 1. The Kier molecular flexibility index (Phi) is 4.84. The first kappa shape index (κ1) is 15.8. The van der Waals surface area contributed by atoms with Crippen molar-refractivity contribution in [3.63, 3.8) is 0 Å². The monoisotopic (exact) mass is 313 g/mol. The molecule has 1 aliphatic rings. The molecule has 0 aromatic heterocycles. The summed E-state index contributed by atoms with van der Waals surface area (Å²) in [6, 6.07) is 6.77. The van der Waals surface area contributed by atoms with Crippen LogP contribution in [0.2, 0.25) is 0 Å². The third-order valence-electron chi connectivity index (χ3n) is 3.54. The zero-order chi connectivity index (χ0) is 15.5. The van der Waals surface area contributed by atoms with Crippen molar-refractivity contribution < 1.29 is 23.1 Å². The van der Waals surface area contributed by atoms with Crippen LogP contribution in [0.5, 0.6) is 5.75 Å². The number of ether oxygens (including phenoxy) is 1. The first-order chi connectivity index (χ1) is 9.88. The number of sulfonamides is 1. The molecule has 0 atom stereocenters. The van der Waals surface area contributed by atoms with Gasteiger partial charge in [0.1, 0.15) is 5.75 Å². The third kappa shape index (κ3) is 4.71. The SMILES string of the molecule is COc1cccc(CS(=O)(=O)NC2CC(CC(=O)O)C2)c1. The van der Waals surface area contributed by atoms with Crippen molar-refractivity contribution in [3.05, 3.63) is 29.8 Å². The summed E-state index contributed by atoms with van der Waals surface area (Å²) in [5.74, 6) is -0.248. The summed E-state index contributed by atoms with van der Waals surface area (Å²) in [4.78, 5) is 10.5. The van der Waals surface area contributed by atoms with Crippen LogP contribution in [0, 0.1) is 5.92 Å². The van der Waals surface area contributed by atoms with Crippen LogP contribution in [0.25, 0.3) is 0 Å². The topological polar surface area (TPSA) is 92.7 Å². The van der Waals surface area contributed by atoms with Crippen LogP contribution in [0.4, 0.5) is 0 Å². The molecule has 7 heteroatoms. The highest BCUT2D eigenvalue weighted by molar-refractivity contribution is 7.88. The van der Waals surface area contributed by atoms with Crippen molar-refractivity contribution in [2.75, 3.05) is 7.11 Å². The van der Waals surface area contributed by atoms with Gasteiger partial charge < -0.3 is 9.84 Å². The van der Waals surface area contributed by atoms with Gasteiger partial charge in [0.2, 0.25) is 10.0 Å². The molecule has 0 amide bonds. The van der Waals surface area contributed by atoms with Crippen molar-refractivity contribution in [2.24, 2.45) is 5.92 Å². The van der Waals surface area contributed by atoms with Crippen LogP contribution in [0.3, 0.4) is 0 Å². The van der Waals surface area contributed by atoms with Crippen LogP contribution < -0.4 is 9.46 Å². The number of carboxylic acid groups (broad SMARTS) is 1. The van der Waals surface area contributed by atoms with Gasteiger partial charge in [-0.1, -0.05) is 12.1 Å². The van der Waals surface area contributed by atoms with Crippen molar-refractivity contribution in [1.82, 2.24) is 4.72 Å². The molecule has 0 bridgehead atoms. The highest BCUT2D eigenvalue weighted by atomic mass is 32.2. The lowest BCUT2D eigenvalue weighted by Crippen LogP contribution is -2.45. The van der Waals surface area contributed by atoms with Crippen molar-refractivity contribution >= 4 is 16.0 Å². The normalized spacial score (nSPS) is 21.6. The molecule has 2 N–H and O–H groups in total. The number of nitrogens with one attached hydrogen (secondary N) is 1. The molecule has 1 aliphatic carbocycles. The Bertz CT molecular complexity index is 608. The summed E-state index contributed by atoms with van der Waals surface area (Å²) < 4.78 is 31.8. The van der Waals surface area contributed by atoms with Crippen LogP contribution in [-0.4, -0.2) is 32.6 Å². The molecular formula is C14H19NO5S. The Morgan fingerprint density at radius 2 is 2.14 bits per heavy atom. The van der Waals surface area contributed by atoms with Crippen molar-refractivity contribution in [2.45, 2.75) is 31.1 Å². The van der Waals surface area contributed by atoms with E-state index >= 15 is 0 Å². The lowest BCUT2D eigenvalue weighted by molar-refractivity contribution is -0.138. The average molecular weight is 313 g/mol. The number of hydrogen-bond acceptors (Lipinski definition) is 4. The highest BCUT2D eigenvalue weighted by Gasteiger charge is 2.33. The molecule has 21 heavy (non-hydrogen) atoms. The number of methoxy groups -OCH3 is 1. The Hall–Kier alpha value is -1.60. The summed E-state index contributed by atoms with van der Waals surface area (Å²) in [7, 11) is -1.89. The summed E-state index contributed by atoms with van der Waals surface area (Å²) in [5.41, 5.74) is 0.656. The van der Waals surface area contributed by atoms with Gasteiger partial charge >= 0.3 is 5.97 Å². The van der Waals surface area contributed by atoms with E-state index in [1.807, 2.05) is 0 Å². The Balaban J connectivity index is 1.87. The largest absolute Gasteiger partial charge is 0.497 e. The maximum absolute atomic E-state index is 12.1. The fraction of sp³-hybridized carbons (Fsp3) is 0.500. The van der Waals surface area contributed by atoms with E-state index in [1.54, 1.807) is 24.3 Å². The third-order valence-corrected chi connectivity index (χ3v) is 4.94. The van der Waals surface area contributed by atoms with Crippen molar-refractivity contribution in [3.8, 4) is 5.75 Å². The second-order valence-electron chi connectivity index (χ2n) is 5.36. The predicted octanol–water partition coefficient (Wildman–Crippen LogP) is 1.37. The quantitative estimate of drug-likeness (QED) is 0.793. The van der Waals surface area contributed by atoms with Gasteiger partial charge in [0, 0.05) is 12.5 Å². The van der Waals surface area contributed by atoms with E-state index < -0.39 is 16.0 Å². The Morgan fingerprint density at radius 1 is 1.43 bits per heavy atom. The number of carbonyl (C=O) groups is 1. The van der Waals surface area contributed by atoms with Crippen LogP contribution >= 0.6 is 0 Å². The molecular weight excluding hydrogens is 294 g/mol. The van der Waals surface area contributed by atoms with E-state index in [0.717, 1.165) is 0 Å². The second kappa shape index (κ2) is 6.44. The van der Waals surface area contributed by atoms with Gasteiger partial charge in [0.15, 0.2) is 0 Å². The standard InChI is InChI=1S/C14H19NO5S/c1-20-13-4-2-3-10(7-13)9-21(18,19)15-12-5-11(6-12)8-14(16)17/h2-4,7,11-12,15H,5-6,8-9H2,1H3,(H,16,17). The first-order valence-electron chi connectivity index (χ1n) is 6.72. The van der Waals surface area contributed by atoms with Gasteiger partial charge in [-0.2, -0.15) is 0 Å². The fourth-order valence-corrected chi connectivity index (χ4v) is 3.92. The van der Waals surface area contributed by atoms with E-state index in [-0.39, 0.29) is 24.1 Å². The van der Waals surface area contributed by atoms with E-state index in [1.165, 1.54) is 7.11 Å². The molecule has 1 fully saturated rings. The maximum Gasteiger partial charge on any atom is 0.303 e. The molecule has 1 aromatic rings. The number of rotatable bonds is 7. The summed E-state index contributed by atoms with van der Waals surface area (Å²) in [5, 5.41) is 8.66. The van der Waals surface area contributed by atoms with Crippen LogP contribution in [0.1, 0.15) is 24.8 Å². The second-order valence-corrected chi connectivity index (χ2v) is 7.11. The summed E-state index contributed by atoms with van der Waals surface area (Å²) in [6.45, 7) is 0. The van der Waals surface area contributed by atoms with Gasteiger partial charge in [-0.25, -0.2) is 13.1 Å². The Labute approximate surface area is 124 Å². The number of aliphatic carboxylic acids is 1. The zero-order valence-electron chi connectivity index (χ0n) is 11.8. The molecule has 0 spiro atoms. The molecule has 116 valence electrons. The van der Waals surface area contributed by atoms with Gasteiger partial charge in [-0.15, -0.1) is 0 Å². The number of benzene rings is 1. The molecule has 0 unspecified atom stereocenters. The molecule has 6 nitrogen and oxygen atoms in total. The molecule has 0 heterocycles. The highest BCUT2D eigenvalue weighted by Crippen LogP contribution is 2.31. The molecule has 0 radical (unpaired) electrons. The average Bonchev–Trinajstić information content (AvgIpc) is 2.35. The van der Waals surface area contributed by atoms with E-state index in [4.69, 9.17) is 9.84 Å². The van der Waals surface area contributed by atoms with E-state index in [9.17, 15) is 13.2 Å². The maximum atomic E-state index is 12.1. The lowest BCUT2D eigenvalue weighted by atomic mass is 9.79. The number of hydrogen-bond donors (Lipinski definition) is 2. The molecule has 1 saturated carbocycles. The van der Waals surface area contributed by atoms with Gasteiger partial charge in [0.05, 0.1) is 12.9 Å². The summed E-state index contributed by atoms with van der Waals surface area (Å²) >= 11 is 0. The predicted molar refractivity (Wildman–Crippen MR) is 77.5 cm³/mol. The molecule has 1 aromatic carbocycles. The minimum atomic E-state index is -3.42. The molecule has 0 saturated heterocycles. The van der Waals surface area contributed by atoms with E-state index in [2.05, 4.69) is 4.72 Å². The lowest BCUT2D eigenvalue weighted by Gasteiger charge is -2.34. The van der Waals surface area contributed by atoms with Gasteiger partial charge in [-0.05, 0) is 36.5 Å². The van der Waals surface area contributed by atoms with E-state index in [0.29, 0.717) is 24.2 Å². The fourth-order valence-electron chi connectivity index (χ4n) is 2.52. The van der Waals surface area contributed by atoms with Crippen LogP contribution in [0.15, 0.2) is 24.3 Å². The molecule has 2 rings (SSSR count). The minimum absolute atomic E-state index is 0.0759. The smallest absolute Gasteiger partial charge is 0.303 e. The van der Waals surface area contributed by atoms with Gasteiger partial charge in [-0.3, -0.25) is 4.79 Å². The van der Waals surface area contributed by atoms with Crippen LogP contribution in [-0.2, 0) is 20.6 Å². The minimum Gasteiger partial charge on any atom is -0.497 e. The van der Waals surface area contributed by atoms with Crippen molar-refractivity contribution in [1.29, 1.82) is 0 Å². The van der Waals surface area contributed by atoms with Gasteiger partial charge in [0.25, 0.3) is 0 Å². The zero-order valence-corrected chi connectivity index (χ0v) is 12.6. The Morgan fingerprint density at radius 3 is 2.76 bits per heavy atom. The summed E-state index contributed by atoms with van der Waals surface area (Å²) in [6.07, 6.45) is 1.28.